The van der Waals surface area contributed by atoms with Gasteiger partial charge in [0.15, 0.2) is 0 Å². The Morgan fingerprint density at radius 3 is 2.78 bits per heavy atom. The van der Waals surface area contributed by atoms with E-state index in [4.69, 9.17) is 4.42 Å². The number of hydrogen-bond acceptors (Lipinski definition) is 4. The molecule has 0 spiro atoms. The molecule has 2 aliphatic rings. The van der Waals surface area contributed by atoms with Crippen LogP contribution in [0.15, 0.2) is 47.1 Å². The Labute approximate surface area is 159 Å². The van der Waals surface area contributed by atoms with E-state index in [9.17, 15) is 9.59 Å². The molecule has 4 rings (SSSR count). The second-order valence-corrected chi connectivity index (χ2v) is 7.16. The maximum Gasteiger partial charge on any atom is 0.227 e. The summed E-state index contributed by atoms with van der Waals surface area (Å²) < 4.78 is 5.24. The third-order valence-electron chi connectivity index (χ3n) is 5.39. The Morgan fingerprint density at radius 1 is 1.11 bits per heavy atom. The van der Waals surface area contributed by atoms with Gasteiger partial charge in [-0.3, -0.25) is 9.59 Å². The molecule has 0 saturated carbocycles. The first-order valence-corrected chi connectivity index (χ1v) is 9.67. The minimum Gasteiger partial charge on any atom is -0.469 e. The Hall–Kier alpha value is -2.76. The third-order valence-corrected chi connectivity index (χ3v) is 5.39. The predicted molar refractivity (Wildman–Crippen MR) is 104 cm³/mol. The van der Waals surface area contributed by atoms with E-state index >= 15 is 0 Å². The smallest absolute Gasteiger partial charge is 0.227 e. The number of furan rings is 1. The van der Waals surface area contributed by atoms with Crippen LogP contribution in [0.25, 0.3) is 0 Å². The Bertz CT molecular complexity index is 803. The van der Waals surface area contributed by atoms with Crippen molar-refractivity contribution >= 4 is 23.2 Å². The van der Waals surface area contributed by atoms with Crippen molar-refractivity contribution in [1.29, 1.82) is 0 Å². The zero-order chi connectivity index (χ0) is 18.6. The summed E-state index contributed by atoms with van der Waals surface area (Å²) in [6, 6.07) is 12.2. The summed E-state index contributed by atoms with van der Waals surface area (Å²) >= 11 is 0. The number of amides is 2. The Kier molecular flexibility index (Phi) is 5.14. The van der Waals surface area contributed by atoms with Gasteiger partial charge < -0.3 is 19.5 Å². The van der Waals surface area contributed by atoms with Crippen molar-refractivity contribution in [1.82, 2.24) is 5.32 Å². The van der Waals surface area contributed by atoms with Crippen molar-refractivity contribution in [2.45, 2.75) is 38.1 Å². The molecular weight excluding hydrogens is 342 g/mol. The molecule has 142 valence electrons. The lowest BCUT2D eigenvalue weighted by Gasteiger charge is -2.40. The zero-order valence-electron chi connectivity index (χ0n) is 15.4. The lowest BCUT2D eigenvalue weighted by atomic mass is 10.1. The highest BCUT2D eigenvalue weighted by Crippen LogP contribution is 2.39. The van der Waals surface area contributed by atoms with Crippen LogP contribution in [0.3, 0.4) is 0 Å². The maximum absolute atomic E-state index is 12.8. The lowest BCUT2D eigenvalue weighted by Crippen LogP contribution is -2.48. The van der Waals surface area contributed by atoms with E-state index in [2.05, 4.69) is 16.3 Å². The summed E-state index contributed by atoms with van der Waals surface area (Å²) in [5, 5.41) is 2.86. The molecule has 3 heterocycles. The van der Waals surface area contributed by atoms with Crippen LogP contribution in [0.5, 0.6) is 0 Å². The van der Waals surface area contributed by atoms with Gasteiger partial charge in [0.05, 0.1) is 17.6 Å². The Morgan fingerprint density at radius 2 is 1.96 bits per heavy atom. The van der Waals surface area contributed by atoms with E-state index in [-0.39, 0.29) is 24.7 Å². The third kappa shape index (κ3) is 3.84. The van der Waals surface area contributed by atoms with E-state index in [1.807, 2.05) is 35.2 Å². The van der Waals surface area contributed by atoms with Gasteiger partial charge in [-0.1, -0.05) is 12.1 Å². The summed E-state index contributed by atoms with van der Waals surface area (Å²) in [6.07, 6.45) is 5.00. The molecule has 0 radical (unpaired) electrons. The zero-order valence-corrected chi connectivity index (χ0v) is 15.4. The van der Waals surface area contributed by atoms with Crippen LogP contribution in [-0.4, -0.2) is 37.5 Å². The second kappa shape index (κ2) is 7.86. The highest BCUT2D eigenvalue weighted by atomic mass is 16.3. The topological polar surface area (TPSA) is 65.8 Å². The Balaban J connectivity index is 1.31. The first kappa shape index (κ1) is 17.6. The van der Waals surface area contributed by atoms with Gasteiger partial charge in [-0.15, -0.1) is 0 Å². The van der Waals surface area contributed by atoms with Crippen molar-refractivity contribution in [3.05, 3.63) is 48.4 Å². The fraction of sp³-hybridized carbons (Fsp3) is 0.429. The number of nitrogens with one attached hydrogen (secondary N) is 1. The normalized spacial score (nSPS) is 18.1. The SMILES string of the molecule is O=C(CCC(=O)N1CC2CCCN2c2ccccc21)NCCc1ccco1. The van der Waals surface area contributed by atoms with Crippen molar-refractivity contribution in [2.75, 3.05) is 29.4 Å². The predicted octanol–water partition coefficient (Wildman–Crippen LogP) is 2.73. The summed E-state index contributed by atoms with van der Waals surface area (Å²) in [7, 11) is 0. The molecule has 1 unspecified atom stereocenters. The van der Waals surface area contributed by atoms with Gasteiger partial charge in [0.2, 0.25) is 11.8 Å². The first-order chi connectivity index (χ1) is 13.2. The van der Waals surface area contributed by atoms with Crippen LogP contribution in [0.1, 0.15) is 31.4 Å². The summed E-state index contributed by atoms with van der Waals surface area (Å²) in [5.74, 6) is 0.773. The molecule has 6 heteroatoms. The van der Waals surface area contributed by atoms with Crippen molar-refractivity contribution in [3.63, 3.8) is 0 Å². The number of fused-ring (bicyclic) bond motifs is 3. The van der Waals surface area contributed by atoms with Crippen molar-refractivity contribution in [3.8, 4) is 0 Å². The average molecular weight is 367 g/mol. The van der Waals surface area contributed by atoms with Crippen LogP contribution in [-0.2, 0) is 16.0 Å². The van der Waals surface area contributed by atoms with Gasteiger partial charge in [-0.25, -0.2) is 0 Å². The highest BCUT2D eigenvalue weighted by molar-refractivity contribution is 5.99. The summed E-state index contributed by atoms with van der Waals surface area (Å²) in [6.45, 7) is 2.29. The van der Waals surface area contributed by atoms with Gasteiger partial charge in [0, 0.05) is 44.9 Å². The minimum absolute atomic E-state index is 0.0233. The van der Waals surface area contributed by atoms with E-state index in [0.29, 0.717) is 19.0 Å². The van der Waals surface area contributed by atoms with Gasteiger partial charge in [0.25, 0.3) is 0 Å². The molecule has 1 N–H and O–H groups in total. The van der Waals surface area contributed by atoms with E-state index in [0.717, 1.165) is 36.6 Å². The molecule has 2 amide bonds. The van der Waals surface area contributed by atoms with Gasteiger partial charge >= 0.3 is 0 Å². The van der Waals surface area contributed by atoms with Crippen LogP contribution in [0, 0.1) is 0 Å². The summed E-state index contributed by atoms with van der Waals surface area (Å²) in [5.41, 5.74) is 2.11. The first-order valence-electron chi connectivity index (χ1n) is 9.67. The van der Waals surface area contributed by atoms with Crippen LogP contribution < -0.4 is 15.1 Å². The van der Waals surface area contributed by atoms with Gasteiger partial charge in [-0.05, 0) is 37.1 Å². The molecule has 6 nitrogen and oxygen atoms in total. The monoisotopic (exact) mass is 367 g/mol. The fourth-order valence-electron chi connectivity index (χ4n) is 4.05. The molecule has 0 aliphatic carbocycles. The number of rotatable bonds is 6. The van der Waals surface area contributed by atoms with Crippen LogP contribution in [0.2, 0.25) is 0 Å². The molecule has 1 aromatic heterocycles. The second-order valence-electron chi connectivity index (χ2n) is 7.16. The molecule has 1 saturated heterocycles. The number of carbonyl (C=O) groups is 2. The molecule has 2 aliphatic heterocycles. The maximum atomic E-state index is 12.8. The fourth-order valence-corrected chi connectivity index (χ4v) is 4.05. The number of carbonyl (C=O) groups excluding carboxylic acids is 2. The lowest BCUT2D eigenvalue weighted by molar-refractivity contribution is -0.125. The average Bonchev–Trinajstić information content (AvgIpc) is 3.37. The number of nitrogens with zero attached hydrogens (tertiary/aromatic N) is 2. The number of para-hydroxylation sites is 2. The molecule has 27 heavy (non-hydrogen) atoms. The van der Waals surface area contributed by atoms with Crippen LogP contribution >= 0.6 is 0 Å². The van der Waals surface area contributed by atoms with Crippen molar-refractivity contribution < 1.29 is 14.0 Å². The molecule has 1 fully saturated rings. The summed E-state index contributed by atoms with van der Waals surface area (Å²) in [4.78, 5) is 29.2. The minimum atomic E-state index is -0.0947. The van der Waals surface area contributed by atoms with Crippen molar-refractivity contribution in [2.24, 2.45) is 0 Å². The number of hydrogen-bond donors (Lipinski definition) is 1. The van der Waals surface area contributed by atoms with E-state index < -0.39 is 0 Å². The number of benzene rings is 1. The molecule has 1 aromatic carbocycles. The number of anilines is 2. The standard InChI is InChI=1S/C21H25N3O3/c25-20(22-12-11-17-6-4-14-27-17)9-10-21(26)24-15-16-5-3-13-23(16)18-7-1-2-8-19(18)24/h1-2,4,6-8,14,16H,3,5,9-13,15H2,(H,22,25). The van der Waals surface area contributed by atoms with Gasteiger partial charge in [0.1, 0.15) is 5.76 Å². The van der Waals surface area contributed by atoms with Crippen LogP contribution in [0.4, 0.5) is 11.4 Å². The molecule has 0 bridgehead atoms. The van der Waals surface area contributed by atoms with E-state index in [1.54, 1.807) is 6.26 Å². The highest BCUT2D eigenvalue weighted by Gasteiger charge is 2.35. The molecule has 2 aromatic rings. The molecule has 1 atom stereocenters. The van der Waals surface area contributed by atoms with E-state index in [1.165, 1.54) is 6.42 Å². The quantitative estimate of drug-likeness (QED) is 0.853. The van der Waals surface area contributed by atoms with Gasteiger partial charge in [-0.2, -0.15) is 0 Å². The largest absolute Gasteiger partial charge is 0.469 e. The molecular formula is C21H25N3O3.